The van der Waals surface area contributed by atoms with Crippen LogP contribution in [0.5, 0.6) is 0 Å². The van der Waals surface area contributed by atoms with E-state index in [4.69, 9.17) is 8.57 Å². The summed E-state index contributed by atoms with van der Waals surface area (Å²) < 4.78 is 58.5. The molecule has 2 heterocycles. The predicted molar refractivity (Wildman–Crippen MR) is 113 cm³/mol. The molecule has 2 bridgehead atoms. The standard InChI is InChI=1S/C20H26N2O10S2/c1-3-5-9-33(27,28)31-21-17(23)13-11-7-8-12(14(13)18(21)24)16-15(11)19(25)22(20(16)26)32-34(29,30)10-6-4-2/h7-8,11-16H,3-6,9-10H2,1-2H3. The number of hydrogen-bond acceptors (Lipinski definition) is 10. The largest absolute Gasteiger partial charge is 0.288 e. The molecule has 4 unspecified atom stereocenters. The van der Waals surface area contributed by atoms with Crippen LogP contribution in [-0.4, -0.2) is 62.1 Å². The molecule has 5 rings (SSSR count). The number of carbonyl (C=O) groups excluding carboxylic acids is 4. The summed E-state index contributed by atoms with van der Waals surface area (Å²) in [7, 11) is -8.38. The molecular weight excluding hydrogens is 492 g/mol. The van der Waals surface area contributed by atoms with Crippen LogP contribution in [0.4, 0.5) is 0 Å². The fraction of sp³-hybridized carbons (Fsp3) is 0.700. The van der Waals surface area contributed by atoms with Gasteiger partial charge in [0.2, 0.25) is 0 Å². The maximum atomic E-state index is 13.0. The molecule has 34 heavy (non-hydrogen) atoms. The second-order valence-electron chi connectivity index (χ2n) is 8.96. The van der Waals surface area contributed by atoms with Crippen molar-refractivity contribution in [2.75, 3.05) is 11.5 Å². The SMILES string of the molecule is CCCCS(=O)(=O)ON1C(=O)C2C3C=CC(C2C1=O)C1C(=O)N(OS(=O)(=O)CCCC)C(=O)C31. The minimum Gasteiger partial charge on any atom is -0.272 e. The van der Waals surface area contributed by atoms with Gasteiger partial charge in [-0.25, -0.2) is 0 Å². The summed E-state index contributed by atoms with van der Waals surface area (Å²) in [5, 5.41) is 0.486. The van der Waals surface area contributed by atoms with E-state index in [1.165, 1.54) is 0 Å². The molecule has 14 heteroatoms. The lowest BCUT2D eigenvalue weighted by Crippen LogP contribution is -2.50. The molecule has 0 aromatic heterocycles. The van der Waals surface area contributed by atoms with Crippen molar-refractivity contribution in [2.24, 2.45) is 35.5 Å². The average Bonchev–Trinajstić information content (AvgIpc) is 3.19. The van der Waals surface area contributed by atoms with E-state index < -0.39 is 79.4 Å². The molecule has 1 saturated carbocycles. The van der Waals surface area contributed by atoms with Crippen molar-refractivity contribution in [1.82, 2.24) is 10.1 Å². The highest BCUT2D eigenvalue weighted by atomic mass is 32.2. The van der Waals surface area contributed by atoms with Gasteiger partial charge in [0.15, 0.2) is 0 Å². The zero-order valence-corrected chi connectivity index (χ0v) is 20.3. The van der Waals surface area contributed by atoms with Gasteiger partial charge in [0.05, 0.1) is 35.2 Å². The number of amides is 4. The van der Waals surface area contributed by atoms with Crippen LogP contribution in [0.2, 0.25) is 0 Å². The molecule has 4 amide bonds. The van der Waals surface area contributed by atoms with E-state index in [1.54, 1.807) is 26.0 Å². The second kappa shape index (κ2) is 8.81. The van der Waals surface area contributed by atoms with Crippen molar-refractivity contribution in [3.8, 4) is 0 Å². The lowest BCUT2D eigenvalue weighted by Gasteiger charge is -2.44. The monoisotopic (exact) mass is 518 g/mol. The van der Waals surface area contributed by atoms with Crippen molar-refractivity contribution < 1.29 is 44.6 Å². The normalized spacial score (nSPS) is 32.6. The molecule has 188 valence electrons. The Hall–Kier alpha value is -2.16. The van der Waals surface area contributed by atoms with Crippen LogP contribution in [-0.2, 0) is 48.0 Å². The molecule has 3 aliphatic carbocycles. The quantitative estimate of drug-likeness (QED) is 0.287. The van der Waals surface area contributed by atoms with E-state index in [1.807, 2.05) is 0 Å². The Labute approximate surface area is 197 Å². The average molecular weight is 519 g/mol. The fourth-order valence-corrected chi connectivity index (χ4v) is 7.44. The molecule has 12 nitrogen and oxygen atoms in total. The summed E-state index contributed by atoms with van der Waals surface area (Å²) in [5.74, 6) is -10.6. The van der Waals surface area contributed by atoms with Gasteiger partial charge < -0.3 is 0 Å². The van der Waals surface area contributed by atoms with Crippen LogP contribution in [0, 0.1) is 35.5 Å². The summed E-state index contributed by atoms with van der Waals surface area (Å²) in [6.07, 6.45) is 4.78. The van der Waals surface area contributed by atoms with Crippen LogP contribution in [0.3, 0.4) is 0 Å². The summed E-state index contributed by atoms with van der Waals surface area (Å²) in [4.78, 5) is 52.2. The van der Waals surface area contributed by atoms with Crippen LogP contribution in [0.25, 0.3) is 0 Å². The molecule has 3 fully saturated rings. The third-order valence-corrected chi connectivity index (χ3v) is 9.13. The molecule has 0 spiro atoms. The number of imide groups is 2. The summed E-state index contributed by atoms with van der Waals surface area (Å²) >= 11 is 0. The molecular formula is C20H26N2O10S2. The van der Waals surface area contributed by atoms with Crippen molar-refractivity contribution in [1.29, 1.82) is 0 Å². The van der Waals surface area contributed by atoms with Gasteiger partial charge in [-0.2, -0.15) is 16.8 Å². The maximum absolute atomic E-state index is 13.0. The van der Waals surface area contributed by atoms with Crippen molar-refractivity contribution in [3.05, 3.63) is 12.2 Å². The lowest BCUT2D eigenvalue weighted by molar-refractivity contribution is -0.166. The Morgan fingerprint density at radius 2 is 0.941 bits per heavy atom. The first-order valence-electron chi connectivity index (χ1n) is 11.2. The highest BCUT2D eigenvalue weighted by Crippen LogP contribution is 2.58. The Kier molecular flexibility index (Phi) is 6.46. The number of rotatable bonds is 10. The van der Waals surface area contributed by atoms with E-state index in [0.29, 0.717) is 12.8 Å². The highest BCUT2D eigenvalue weighted by molar-refractivity contribution is 7.86. The third kappa shape index (κ3) is 3.99. The van der Waals surface area contributed by atoms with Gasteiger partial charge in [0, 0.05) is 11.8 Å². The summed E-state index contributed by atoms with van der Waals surface area (Å²) in [6.45, 7) is 3.54. The van der Waals surface area contributed by atoms with E-state index >= 15 is 0 Å². The number of carbonyl (C=O) groups is 4. The topological polar surface area (TPSA) is 161 Å². The maximum Gasteiger partial charge on any atom is 0.288 e. The molecule has 0 aromatic rings. The molecule has 0 aromatic carbocycles. The number of nitrogens with zero attached hydrogens (tertiary/aromatic N) is 2. The van der Waals surface area contributed by atoms with Crippen LogP contribution in [0.1, 0.15) is 39.5 Å². The van der Waals surface area contributed by atoms with Gasteiger partial charge in [-0.05, 0) is 12.8 Å². The number of allylic oxidation sites excluding steroid dienone is 2. The number of hydroxylamine groups is 4. The zero-order valence-electron chi connectivity index (χ0n) is 18.7. The molecule has 2 saturated heterocycles. The van der Waals surface area contributed by atoms with Gasteiger partial charge in [-0.1, -0.05) is 38.8 Å². The molecule has 0 radical (unpaired) electrons. The Bertz CT molecular complexity index is 1030. The Morgan fingerprint density at radius 3 is 1.21 bits per heavy atom. The lowest BCUT2D eigenvalue weighted by atomic mass is 9.54. The van der Waals surface area contributed by atoms with E-state index in [9.17, 15) is 36.0 Å². The van der Waals surface area contributed by atoms with Gasteiger partial charge in [0.25, 0.3) is 43.9 Å². The molecule has 5 aliphatic rings. The van der Waals surface area contributed by atoms with Crippen molar-refractivity contribution in [3.63, 3.8) is 0 Å². The van der Waals surface area contributed by atoms with Gasteiger partial charge >= 0.3 is 0 Å². The fourth-order valence-electron chi connectivity index (χ4n) is 5.26. The molecule has 0 N–H and O–H groups in total. The second-order valence-corrected chi connectivity index (χ2v) is 12.3. The van der Waals surface area contributed by atoms with Crippen LogP contribution >= 0.6 is 0 Å². The van der Waals surface area contributed by atoms with E-state index in [2.05, 4.69) is 0 Å². The van der Waals surface area contributed by atoms with Gasteiger partial charge in [-0.15, -0.1) is 18.7 Å². The molecule has 4 atom stereocenters. The summed E-state index contributed by atoms with van der Waals surface area (Å²) in [5.41, 5.74) is 0. The van der Waals surface area contributed by atoms with Crippen molar-refractivity contribution in [2.45, 2.75) is 39.5 Å². The smallest absolute Gasteiger partial charge is 0.272 e. The first-order valence-corrected chi connectivity index (χ1v) is 14.4. The minimum absolute atomic E-state index is 0.243. The van der Waals surface area contributed by atoms with E-state index in [0.717, 1.165) is 0 Å². The third-order valence-electron chi connectivity index (χ3n) is 6.80. The van der Waals surface area contributed by atoms with Gasteiger partial charge in [0.1, 0.15) is 0 Å². The van der Waals surface area contributed by atoms with Crippen LogP contribution < -0.4 is 0 Å². The zero-order chi connectivity index (χ0) is 25.0. The Morgan fingerprint density at radius 1 is 0.647 bits per heavy atom. The predicted octanol–water partition coefficient (Wildman–Crippen LogP) is 0.128. The van der Waals surface area contributed by atoms with Crippen LogP contribution in [0.15, 0.2) is 12.2 Å². The minimum atomic E-state index is -4.19. The summed E-state index contributed by atoms with van der Waals surface area (Å²) in [6, 6.07) is 0. The van der Waals surface area contributed by atoms with Crippen molar-refractivity contribution >= 4 is 43.9 Å². The molecule has 2 aliphatic heterocycles. The first kappa shape index (κ1) is 24.9. The number of hydrogen-bond donors (Lipinski definition) is 0. The first-order chi connectivity index (χ1) is 15.9. The highest BCUT2D eigenvalue weighted by Gasteiger charge is 2.70. The van der Waals surface area contributed by atoms with Gasteiger partial charge in [-0.3, -0.25) is 19.2 Å². The Balaban J connectivity index is 1.59. The number of unbranched alkanes of at least 4 members (excludes halogenated alkanes) is 2. The van der Waals surface area contributed by atoms with E-state index in [-0.39, 0.29) is 34.5 Å².